The number of hydrogen-bond acceptors (Lipinski definition) is 9. The molecule has 0 amide bonds. The average molecular weight is 474 g/mol. The summed E-state index contributed by atoms with van der Waals surface area (Å²) in [6.45, 7) is 2.12. The van der Waals surface area contributed by atoms with E-state index in [1.807, 2.05) is 36.0 Å². The summed E-state index contributed by atoms with van der Waals surface area (Å²) >= 11 is 1.61. The zero-order valence-electron chi connectivity index (χ0n) is 19.2. The summed E-state index contributed by atoms with van der Waals surface area (Å²) < 4.78 is 6.80. The van der Waals surface area contributed by atoms with Crippen LogP contribution in [-0.4, -0.2) is 59.4 Å². The Balaban J connectivity index is 1.49. The van der Waals surface area contributed by atoms with Crippen molar-refractivity contribution in [3.05, 3.63) is 53.9 Å². The summed E-state index contributed by atoms with van der Waals surface area (Å²) in [5, 5.41) is 4.31. The van der Waals surface area contributed by atoms with Gasteiger partial charge < -0.3 is 20.7 Å². The molecule has 5 rings (SSSR count). The summed E-state index contributed by atoms with van der Waals surface area (Å²) in [4.78, 5) is 20.5. The topological polar surface area (TPSA) is 102 Å². The van der Waals surface area contributed by atoms with E-state index in [-0.39, 0.29) is 0 Å². The van der Waals surface area contributed by atoms with Crippen LogP contribution in [0, 0.1) is 0 Å². The maximum absolute atomic E-state index is 6.05. The normalized spacial score (nSPS) is 16.0. The van der Waals surface area contributed by atoms with Crippen molar-refractivity contribution in [3.63, 3.8) is 0 Å². The highest BCUT2D eigenvalue weighted by Gasteiger charge is 2.17. The summed E-state index contributed by atoms with van der Waals surface area (Å²) in [5.74, 6) is 1.40. The molecule has 3 heterocycles. The van der Waals surface area contributed by atoms with E-state index < -0.39 is 0 Å². The molecule has 174 valence electrons. The minimum Gasteiger partial charge on any atom is -0.496 e. The van der Waals surface area contributed by atoms with Crippen LogP contribution in [0.15, 0.2) is 53.4 Å². The Morgan fingerprint density at radius 3 is 2.82 bits per heavy atom. The smallest absolute Gasteiger partial charge is 0.141 e. The molecule has 0 bridgehead atoms. The van der Waals surface area contributed by atoms with Gasteiger partial charge in [0.05, 0.1) is 34.4 Å². The van der Waals surface area contributed by atoms with Crippen molar-refractivity contribution in [1.29, 1.82) is 0 Å². The second-order valence-electron chi connectivity index (χ2n) is 8.39. The second-order valence-corrected chi connectivity index (χ2v) is 9.27. The molecule has 0 aliphatic carbocycles. The van der Waals surface area contributed by atoms with Gasteiger partial charge in [-0.25, -0.2) is 15.0 Å². The van der Waals surface area contributed by atoms with Gasteiger partial charge in [-0.3, -0.25) is 4.99 Å². The fourth-order valence-corrected chi connectivity index (χ4v) is 4.90. The first kappa shape index (κ1) is 22.2. The predicted molar refractivity (Wildman–Crippen MR) is 140 cm³/mol. The van der Waals surface area contributed by atoms with E-state index in [1.54, 1.807) is 31.0 Å². The number of aliphatic imine (C=N–C) groups is 1. The van der Waals surface area contributed by atoms with Gasteiger partial charge in [-0.05, 0) is 57.2 Å². The lowest BCUT2D eigenvalue weighted by molar-refractivity contribution is 0.257. The first-order valence-corrected chi connectivity index (χ1v) is 12.1. The molecular formula is C25H27N7OS. The second kappa shape index (κ2) is 9.74. The van der Waals surface area contributed by atoms with Gasteiger partial charge in [0, 0.05) is 40.7 Å². The SMILES string of the molecule is COc1cc2ncnc(Nc3ccc4ncsc4c3)c2cc1/C(C=NC1CCN(C)CC1)=C/N. The molecule has 0 radical (unpaired) electrons. The molecule has 1 aliphatic heterocycles. The van der Waals surface area contributed by atoms with Crippen molar-refractivity contribution in [2.45, 2.75) is 18.9 Å². The van der Waals surface area contributed by atoms with Crippen molar-refractivity contribution < 1.29 is 4.74 Å². The van der Waals surface area contributed by atoms with Crippen molar-refractivity contribution in [3.8, 4) is 5.75 Å². The molecule has 9 heteroatoms. The maximum Gasteiger partial charge on any atom is 0.141 e. The van der Waals surface area contributed by atoms with E-state index in [1.165, 1.54) is 0 Å². The lowest BCUT2D eigenvalue weighted by Gasteiger charge is -2.26. The van der Waals surface area contributed by atoms with Crippen LogP contribution < -0.4 is 15.8 Å². The van der Waals surface area contributed by atoms with Gasteiger partial charge in [-0.15, -0.1) is 11.3 Å². The number of nitrogens with two attached hydrogens (primary N) is 1. The number of allylic oxidation sites excluding steroid dienone is 1. The average Bonchev–Trinajstić information content (AvgIpc) is 3.33. The van der Waals surface area contributed by atoms with Crippen LogP contribution in [0.1, 0.15) is 18.4 Å². The van der Waals surface area contributed by atoms with Crippen molar-refractivity contribution in [1.82, 2.24) is 19.9 Å². The highest BCUT2D eigenvalue weighted by molar-refractivity contribution is 7.16. The van der Waals surface area contributed by atoms with Gasteiger partial charge in [0.15, 0.2) is 0 Å². The van der Waals surface area contributed by atoms with Crippen LogP contribution in [0.2, 0.25) is 0 Å². The van der Waals surface area contributed by atoms with Crippen LogP contribution in [0.3, 0.4) is 0 Å². The summed E-state index contributed by atoms with van der Waals surface area (Å²) in [5.41, 5.74) is 12.2. The van der Waals surface area contributed by atoms with E-state index in [2.05, 4.69) is 38.3 Å². The van der Waals surface area contributed by atoms with Gasteiger partial charge >= 0.3 is 0 Å². The van der Waals surface area contributed by atoms with E-state index in [0.717, 1.165) is 63.9 Å². The van der Waals surface area contributed by atoms with E-state index in [9.17, 15) is 0 Å². The number of ether oxygens (including phenoxy) is 1. The number of aromatic nitrogens is 3. The lowest BCUT2D eigenvalue weighted by Crippen LogP contribution is -2.32. The molecule has 0 saturated carbocycles. The van der Waals surface area contributed by atoms with Crippen molar-refractivity contribution >= 4 is 55.7 Å². The van der Waals surface area contributed by atoms with Crippen LogP contribution in [-0.2, 0) is 0 Å². The monoisotopic (exact) mass is 473 g/mol. The number of likely N-dealkylation sites (tertiary alicyclic amines) is 1. The van der Waals surface area contributed by atoms with Crippen LogP contribution in [0.4, 0.5) is 11.5 Å². The highest BCUT2D eigenvalue weighted by atomic mass is 32.1. The maximum atomic E-state index is 6.05. The summed E-state index contributed by atoms with van der Waals surface area (Å²) in [7, 11) is 3.80. The van der Waals surface area contributed by atoms with Crippen LogP contribution in [0.5, 0.6) is 5.75 Å². The fourth-order valence-electron chi connectivity index (χ4n) is 4.18. The minimum atomic E-state index is 0.305. The standard InChI is InChI=1S/C25H27N7OS/c1-32-7-5-17(6-8-32)27-13-16(12-26)19-10-20-22(11-23(19)33-2)28-14-29-25(20)31-18-3-4-21-24(9-18)34-15-30-21/h3-4,9-15,17H,5-8,26H2,1-2H3,(H,28,29,31)/b16-12+,27-13?. The number of anilines is 2. The number of thiazole rings is 1. The van der Waals surface area contributed by atoms with Gasteiger partial charge in [0.1, 0.15) is 17.9 Å². The zero-order valence-corrected chi connectivity index (χ0v) is 20.0. The molecule has 0 spiro atoms. The summed E-state index contributed by atoms with van der Waals surface area (Å²) in [6.07, 6.45) is 7.10. The Morgan fingerprint density at radius 1 is 1.18 bits per heavy atom. The number of benzene rings is 2. The van der Waals surface area contributed by atoms with Gasteiger partial charge in [-0.1, -0.05) is 0 Å². The number of nitrogens with zero attached hydrogens (tertiary/aromatic N) is 5. The Morgan fingerprint density at radius 2 is 2.03 bits per heavy atom. The minimum absolute atomic E-state index is 0.305. The largest absolute Gasteiger partial charge is 0.496 e. The third kappa shape index (κ3) is 4.57. The molecule has 2 aromatic heterocycles. The van der Waals surface area contributed by atoms with E-state index in [4.69, 9.17) is 15.5 Å². The molecule has 1 fully saturated rings. The number of hydrogen-bond donors (Lipinski definition) is 2. The van der Waals surface area contributed by atoms with E-state index in [0.29, 0.717) is 17.6 Å². The lowest BCUT2D eigenvalue weighted by atomic mass is 10.0. The highest BCUT2D eigenvalue weighted by Crippen LogP contribution is 2.33. The first-order chi connectivity index (χ1) is 16.6. The molecule has 34 heavy (non-hydrogen) atoms. The quantitative estimate of drug-likeness (QED) is 0.399. The Labute approximate surface area is 202 Å². The van der Waals surface area contributed by atoms with Crippen LogP contribution >= 0.6 is 11.3 Å². The third-order valence-corrected chi connectivity index (χ3v) is 6.95. The Kier molecular flexibility index (Phi) is 6.37. The molecule has 3 N–H and O–H groups in total. The van der Waals surface area contributed by atoms with Crippen molar-refractivity contribution in [2.24, 2.45) is 10.7 Å². The molecular weight excluding hydrogens is 446 g/mol. The molecule has 1 aliphatic rings. The van der Waals surface area contributed by atoms with Crippen molar-refractivity contribution in [2.75, 3.05) is 32.6 Å². The van der Waals surface area contributed by atoms with Gasteiger partial charge in [-0.2, -0.15) is 0 Å². The zero-order chi connectivity index (χ0) is 23.5. The number of rotatable bonds is 6. The molecule has 0 unspecified atom stereocenters. The number of fused-ring (bicyclic) bond motifs is 2. The number of methoxy groups -OCH3 is 1. The Bertz CT molecular complexity index is 1370. The van der Waals surface area contributed by atoms with Gasteiger partial charge in [0.2, 0.25) is 0 Å². The first-order valence-electron chi connectivity index (χ1n) is 11.2. The Hall–Kier alpha value is -3.56. The fraction of sp³-hybridized carbons (Fsp3) is 0.280. The molecule has 4 aromatic rings. The predicted octanol–water partition coefficient (Wildman–Crippen LogP) is 4.46. The number of piperidine rings is 1. The van der Waals surface area contributed by atoms with Crippen LogP contribution in [0.25, 0.3) is 26.7 Å². The number of nitrogens with one attached hydrogen (secondary N) is 1. The van der Waals surface area contributed by atoms with Gasteiger partial charge in [0.25, 0.3) is 0 Å². The molecule has 8 nitrogen and oxygen atoms in total. The molecule has 2 aromatic carbocycles. The third-order valence-electron chi connectivity index (χ3n) is 6.15. The molecule has 0 atom stereocenters. The van der Waals surface area contributed by atoms with E-state index >= 15 is 0 Å². The molecule has 1 saturated heterocycles. The summed E-state index contributed by atoms with van der Waals surface area (Å²) in [6, 6.07) is 10.3.